The molecule has 7 heteroatoms. The van der Waals surface area contributed by atoms with Crippen molar-refractivity contribution in [2.45, 2.75) is 6.54 Å². The van der Waals surface area contributed by atoms with Gasteiger partial charge in [-0.15, -0.1) is 0 Å². The standard InChI is InChI=1S/C21H20ClN3O3/c1-27-18-9-3-14(11-19(18)28-2)12-23-20-10-4-15(13-24-20)21(26)25-17-7-5-16(22)6-8-17/h3-11,13H,12H2,1-2H3,(H,23,24)(H,25,26). The van der Waals surface area contributed by atoms with Crippen molar-refractivity contribution in [1.82, 2.24) is 4.98 Å². The van der Waals surface area contributed by atoms with E-state index < -0.39 is 0 Å². The van der Waals surface area contributed by atoms with Gasteiger partial charge in [0.2, 0.25) is 0 Å². The van der Waals surface area contributed by atoms with E-state index in [-0.39, 0.29) is 5.91 Å². The Bertz CT molecular complexity index is 944. The lowest BCUT2D eigenvalue weighted by molar-refractivity contribution is 0.102. The molecule has 0 unspecified atom stereocenters. The number of anilines is 2. The molecule has 0 saturated carbocycles. The molecular weight excluding hydrogens is 378 g/mol. The summed E-state index contributed by atoms with van der Waals surface area (Å²) < 4.78 is 10.5. The van der Waals surface area contributed by atoms with Crippen LogP contribution in [-0.4, -0.2) is 25.1 Å². The second-order valence-corrected chi connectivity index (χ2v) is 6.37. The number of amides is 1. The molecule has 2 N–H and O–H groups in total. The SMILES string of the molecule is COc1ccc(CNc2ccc(C(=O)Nc3ccc(Cl)cc3)cn2)cc1OC. The van der Waals surface area contributed by atoms with Gasteiger partial charge < -0.3 is 20.1 Å². The summed E-state index contributed by atoms with van der Waals surface area (Å²) in [5, 5.41) is 6.64. The van der Waals surface area contributed by atoms with Crippen LogP contribution >= 0.6 is 11.6 Å². The lowest BCUT2D eigenvalue weighted by atomic mass is 10.2. The van der Waals surface area contributed by atoms with Crippen molar-refractivity contribution in [1.29, 1.82) is 0 Å². The second kappa shape index (κ2) is 9.10. The first-order valence-electron chi connectivity index (χ1n) is 8.57. The van der Waals surface area contributed by atoms with Gasteiger partial charge in [0.1, 0.15) is 5.82 Å². The monoisotopic (exact) mass is 397 g/mol. The Labute approximate surface area is 168 Å². The normalized spacial score (nSPS) is 10.2. The molecule has 0 aliphatic carbocycles. The van der Waals surface area contributed by atoms with E-state index in [1.807, 2.05) is 18.2 Å². The Morgan fingerprint density at radius 1 is 1.00 bits per heavy atom. The van der Waals surface area contributed by atoms with Crippen molar-refractivity contribution in [2.24, 2.45) is 0 Å². The molecule has 1 aromatic heterocycles. The van der Waals surface area contributed by atoms with E-state index in [4.69, 9.17) is 21.1 Å². The molecule has 6 nitrogen and oxygen atoms in total. The van der Waals surface area contributed by atoms with Crippen molar-refractivity contribution in [2.75, 3.05) is 24.9 Å². The van der Waals surface area contributed by atoms with Gasteiger partial charge in [-0.25, -0.2) is 4.98 Å². The van der Waals surface area contributed by atoms with Crippen molar-refractivity contribution < 1.29 is 14.3 Å². The van der Waals surface area contributed by atoms with Crippen LogP contribution in [0.2, 0.25) is 5.02 Å². The molecule has 0 radical (unpaired) electrons. The third-order valence-electron chi connectivity index (χ3n) is 4.05. The first-order chi connectivity index (χ1) is 13.6. The zero-order valence-corrected chi connectivity index (χ0v) is 16.3. The van der Waals surface area contributed by atoms with E-state index in [0.29, 0.717) is 40.1 Å². The minimum atomic E-state index is -0.235. The van der Waals surface area contributed by atoms with Crippen LogP contribution in [0.3, 0.4) is 0 Å². The third-order valence-corrected chi connectivity index (χ3v) is 4.30. The van der Waals surface area contributed by atoms with Gasteiger partial charge in [-0.2, -0.15) is 0 Å². The van der Waals surface area contributed by atoms with E-state index in [1.54, 1.807) is 50.6 Å². The van der Waals surface area contributed by atoms with Crippen LogP contribution in [0.1, 0.15) is 15.9 Å². The molecule has 0 saturated heterocycles. The molecule has 2 aromatic carbocycles. The summed E-state index contributed by atoms with van der Waals surface area (Å²) in [6.45, 7) is 0.559. The summed E-state index contributed by atoms with van der Waals surface area (Å²) in [4.78, 5) is 16.6. The number of nitrogens with one attached hydrogen (secondary N) is 2. The fourth-order valence-electron chi connectivity index (χ4n) is 2.55. The van der Waals surface area contributed by atoms with Crippen LogP contribution in [0.25, 0.3) is 0 Å². The number of halogens is 1. The topological polar surface area (TPSA) is 72.5 Å². The molecule has 1 amide bonds. The van der Waals surface area contributed by atoms with Crippen molar-refractivity contribution in [3.8, 4) is 11.5 Å². The summed E-state index contributed by atoms with van der Waals surface area (Å²) in [6, 6.07) is 16.1. The molecule has 28 heavy (non-hydrogen) atoms. The van der Waals surface area contributed by atoms with Crippen LogP contribution in [0.4, 0.5) is 11.5 Å². The fourth-order valence-corrected chi connectivity index (χ4v) is 2.68. The number of hydrogen-bond acceptors (Lipinski definition) is 5. The minimum Gasteiger partial charge on any atom is -0.493 e. The van der Waals surface area contributed by atoms with Gasteiger partial charge in [-0.05, 0) is 54.1 Å². The highest BCUT2D eigenvalue weighted by molar-refractivity contribution is 6.30. The number of rotatable bonds is 7. The molecule has 144 valence electrons. The lowest BCUT2D eigenvalue weighted by Gasteiger charge is -2.11. The Morgan fingerprint density at radius 2 is 1.75 bits per heavy atom. The molecule has 0 fully saturated rings. The molecule has 0 aliphatic rings. The van der Waals surface area contributed by atoms with E-state index >= 15 is 0 Å². The first kappa shape index (κ1) is 19.5. The van der Waals surface area contributed by atoms with Gasteiger partial charge in [-0.1, -0.05) is 17.7 Å². The number of pyridine rings is 1. The average molecular weight is 398 g/mol. The summed E-state index contributed by atoms with van der Waals surface area (Å²) >= 11 is 5.85. The summed E-state index contributed by atoms with van der Waals surface area (Å²) in [5.74, 6) is 1.78. The van der Waals surface area contributed by atoms with Crippen molar-refractivity contribution >= 4 is 29.0 Å². The quantitative estimate of drug-likeness (QED) is 0.608. The maximum absolute atomic E-state index is 12.3. The smallest absolute Gasteiger partial charge is 0.257 e. The van der Waals surface area contributed by atoms with Gasteiger partial charge in [0.15, 0.2) is 11.5 Å². The van der Waals surface area contributed by atoms with E-state index in [0.717, 1.165) is 5.56 Å². The Balaban J connectivity index is 1.59. The van der Waals surface area contributed by atoms with Crippen LogP contribution in [-0.2, 0) is 6.54 Å². The van der Waals surface area contributed by atoms with Crippen molar-refractivity contribution in [3.63, 3.8) is 0 Å². The molecule has 3 aromatic rings. The molecule has 1 heterocycles. The summed E-state index contributed by atoms with van der Waals surface area (Å²) in [5.41, 5.74) is 2.15. The predicted octanol–water partition coefficient (Wildman–Crippen LogP) is 4.62. The van der Waals surface area contributed by atoms with Gasteiger partial charge in [0.25, 0.3) is 5.91 Å². The van der Waals surface area contributed by atoms with E-state index in [2.05, 4.69) is 15.6 Å². The number of benzene rings is 2. The lowest BCUT2D eigenvalue weighted by Crippen LogP contribution is -2.12. The minimum absolute atomic E-state index is 0.235. The Hall–Kier alpha value is -3.25. The average Bonchev–Trinajstić information content (AvgIpc) is 2.74. The number of aromatic nitrogens is 1. The van der Waals surface area contributed by atoms with Gasteiger partial charge in [0.05, 0.1) is 19.8 Å². The number of carbonyl (C=O) groups is 1. The molecule has 0 aliphatic heterocycles. The zero-order chi connectivity index (χ0) is 19.9. The van der Waals surface area contributed by atoms with Crippen LogP contribution in [0.5, 0.6) is 11.5 Å². The van der Waals surface area contributed by atoms with Gasteiger partial charge in [-0.3, -0.25) is 4.79 Å². The molecule has 0 atom stereocenters. The molecule has 0 bridgehead atoms. The molecular formula is C21H20ClN3O3. The van der Waals surface area contributed by atoms with Gasteiger partial charge in [0, 0.05) is 23.5 Å². The van der Waals surface area contributed by atoms with Crippen molar-refractivity contribution in [3.05, 3.63) is 76.9 Å². The fraction of sp³-hybridized carbons (Fsp3) is 0.143. The third kappa shape index (κ3) is 4.92. The second-order valence-electron chi connectivity index (χ2n) is 5.94. The number of methoxy groups -OCH3 is 2. The molecule has 3 rings (SSSR count). The highest BCUT2D eigenvalue weighted by Gasteiger charge is 2.08. The van der Waals surface area contributed by atoms with Crippen LogP contribution in [0, 0.1) is 0 Å². The summed E-state index contributed by atoms with van der Waals surface area (Å²) in [6.07, 6.45) is 1.53. The number of nitrogens with zero attached hydrogens (tertiary/aromatic N) is 1. The zero-order valence-electron chi connectivity index (χ0n) is 15.5. The maximum Gasteiger partial charge on any atom is 0.257 e. The Morgan fingerprint density at radius 3 is 2.39 bits per heavy atom. The maximum atomic E-state index is 12.3. The van der Waals surface area contributed by atoms with E-state index in [1.165, 1.54) is 6.20 Å². The van der Waals surface area contributed by atoms with E-state index in [9.17, 15) is 4.79 Å². The van der Waals surface area contributed by atoms with Crippen LogP contribution < -0.4 is 20.1 Å². The van der Waals surface area contributed by atoms with Gasteiger partial charge >= 0.3 is 0 Å². The summed E-state index contributed by atoms with van der Waals surface area (Å²) in [7, 11) is 3.20. The Kier molecular flexibility index (Phi) is 6.34. The number of ether oxygens (including phenoxy) is 2. The van der Waals surface area contributed by atoms with Crippen LogP contribution in [0.15, 0.2) is 60.8 Å². The first-order valence-corrected chi connectivity index (χ1v) is 8.94. The largest absolute Gasteiger partial charge is 0.493 e. The number of hydrogen-bond donors (Lipinski definition) is 2. The number of carbonyl (C=O) groups excluding carboxylic acids is 1. The molecule has 0 spiro atoms. The predicted molar refractivity (Wildman–Crippen MR) is 111 cm³/mol. The highest BCUT2D eigenvalue weighted by Crippen LogP contribution is 2.27. The highest BCUT2D eigenvalue weighted by atomic mass is 35.5.